The maximum absolute atomic E-state index is 11.3. The molecule has 0 heterocycles. The first-order valence-corrected chi connectivity index (χ1v) is 5.54. The Balaban J connectivity index is 4.32. The Morgan fingerprint density at radius 2 is 2.07 bits per heavy atom. The SMILES string of the molecule is CC[C@@H](O)CNC(C)(CC(C)C)C(N)=O. The van der Waals surface area contributed by atoms with Crippen LogP contribution in [-0.4, -0.2) is 29.2 Å². The first-order valence-electron chi connectivity index (χ1n) is 5.54. The van der Waals surface area contributed by atoms with E-state index in [-0.39, 0.29) is 5.91 Å². The molecule has 0 saturated carbocycles. The Morgan fingerprint density at radius 1 is 1.53 bits per heavy atom. The van der Waals surface area contributed by atoms with Crippen LogP contribution in [0.4, 0.5) is 0 Å². The summed E-state index contributed by atoms with van der Waals surface area (Å²) < 4.78 is 0. The van der Waals surface area contributed by atoms with E-state index >= 15 is 0 Å². The summed E-state index contributed by atoms with van der Waals surface area (Å²) in [4.78, 5) is 11.3. The summed E-state index contributed by atoms with van der Waals surface area (Å²) in [5.74, 6) is 0.0215. The molecule has 0 fully saturated rings. The fourth-order valence-electron chi connectivity index (χ4n) is 1.56. The monoisotopic (exact) mass is 216 g/mol. The summed E-state index contributed by atoms with van der Waals surface area (Å²) in [5, 5.41) is 12.5. The van der Waals surface area contributed by atoms with Crippen LogP contribution in [-0.2, 0) is 4.79 Å². The molecule has 0 aliphatic heterocycles. The van der Waals surface area contributed by atoms with E-state index in [0.29, 0.717) is 25.3 Å². The summed E-state index contributed by atoms with van der Waals surface area (Å²) in [7, 11) is 0. The number of primary amides is 1. The average Bonchev–Trinajstić information content (AvgIpc) is 2.12. The van der Waals surface area contributed by atoms with Gasteiger partial charge >= 0.3 is 0 Å². The van der Waals surface area contributed by atoms with Crippen LogP contribution in [0.15, 0.2) is 0 Å². The van der Waals surface area contributed by atoms with Gasteiger partial charge in [-0.3, -0.25) is 4.79 Å². The van der Waals surface area contributed by atoms with Crippen molar-refractivity contribution in [2.45, 2.75) is 52.2 Å². The maximum atomic E-state index is 11.3. The molecule has 0 aromatic heterocycles. The Hall–Kier alpha value is -0.610. The van der Waals surface area contributed by atoms with Crippen molar-refractivity contribution in [3.8, 4) is 0 Å². The Labute approximate surface area is 92.2 Å². The standard InChI is InChI=1S/C11H24N2O2/c1-5-9(14)7-13-11(4,10(12)15)6-8(2)3/h8-9,13-14H,5-7H2,1-4H3,(H2,12,15)/t9-,11?/m1/s1. The molecule has 0 spiro atoms. The van der Waals surface area contributed by atoms with Crippen molar-refractivity contribution < 1.29 is 9.90 Å². The number of hydrogen-bond donors (Lipinski definition) is 3. The van der Waals surface area contributed by atoms with Crippen molar-refractivity contribution in [3.63, 3.8) is 0 Å². The van der Waals surface area contributed by atoms with Crippen LogP contribution in [0.2, 0.25) is 0 Å². The van der Waals surface area contributed by atoms with Crippen LogP contribution in [0, 0.1) is 5.92 Å². The molecule has 0 radical (unpaired) electrons. The van der Waals surface area contributed by atoms with Gasteiger partial charge in [-0.15, -0.1) is 0 Å². The number of nitrogens with one attached hydrogen (secondary N) is 1. The van der Waals surface area contributed by atoms with E-state index in [0.717, 1.165) is 0 Å². The molecule has 0 bridgehead atoms. The molecule has 1 amide bonds. The largest absolute Gasteiger partial charge is 0.392 e. The van der Waals surface area contributed by atoms with Gasteiger partial charge < -0.3 is 16.2 Å². The topological polar surface area (TPSA) is 75.3 Å². The van der Waals surface area contributed by atoms with E-state index < -0.39 is 11.6 Å². The van der Waals surface area contributed by atoms with Crippen molar-refractivity contribution in [1.29, 1.82) is 0 Å². The highest BCUT2D eigenvalue weighted by molar-refractivity contribution is 5.84. The van der Waals surface area contributed by atoms with Gasteiger partial charge in [0.15, 0.2) is 0 Å². The number of nitrogens with two attached hydrogens (primary N) is 1. The molecule has 0 aromatic rings. The lowest BCUT2D eigenvalue weighted by atomic mass is 9.90. The molecule has 90 valence electrons. The highest BCUT2D eigenvalue weighted by Crippen LogP contribution is 2.16. The number of rotatable bonds is 7. The quantitative estimate of drug-likeness (QED) is 0.584. The minimum atomic E-state index is -0.718. The minimum absolute atomic E-state index is 0.362. The van der Waals surface area contributed by atoms with Crippen molar-refractivity contribution in [2.24, 2.45) is 11.7 Å². The summed E-state index contributed by atoms with van der Waals surface area (Å²) in [6.07, 6.45) is 0.929. The lowest BCUT2D eigenvalue weighted by Gasteiger charge is -2.30. The van der Waals surface area contributed by atoms with Crippen LogP contribution in [0.3, 0.4) is 0 Å². The second-order valence-electron chi connectivity index (χ2n) is 4.74. The molecular weight excluding hydrogens is 192 g/mol. The number of aliphatic hydroxyl groups is 1. The van der Waals surface area contributed by atoms with E-state index in [1.807, 2.05) is 20.8 Å². The zero-order valence-corrected chi connectivity index (χ0v) is 10.2. The van der Waals surface area contributed by atoms with Crippen LogP contribution in [0.25, 0.3) is 0 Å². The molecule has 0 rings (SSSR count). The van der Waals surface area contributed by atoms with Gasteiger partial charge in [0.05, 0.1) is 11.6 Å². The second kappa shape index (κ2) is 6.08. The molecule has 0 aliphatic carbocycles. The van der Waals surface area contributed by atoms with Gasteiger partial charge in [0.1, 0.15) is 0 Å². The van der Waals surface area contributed by atoms with Crippen molar-refractivity contribution in [1.82, 2.24) is 5.32 Å². The third kappa shape index (κ3) is 5.14. The van der Waals surface area contributed by atoms with Crippen molar-refractivity contribution in [2.75, 3.05) is 6.54 Å². The lowest BCUT2D eigenvalue weighted by molar-refractivity contribution is -0.124. The highest BCUT2D eigenvalue weighted by atomic mass is 16.3. The van der Waals surface area contributed by atoms with Gasteiger partial charge in [0.2, 0.25) is 5.91 Å². The summed E-state index contributed by atoms with van der Waals surface area (Å²) in [5.41, 5.74) is 4.65. The number of hydrogen-bond acceptors (Lipinski definition) is 3. The van der Waals surface area contributed by atoms with Crippen LogP contribution in [0.1, 0.15) is 40.5 Å². The highest BCUT2D eigenvalue weighted by Gasteiger charge is 2.31. The number of carbonyl (C=O) groups is 1. The smallest absolute Gasteiger partial charge is 0.237 e. The molecule has 4 heteroatoms. The first kappa shape index (κ1) is 14.4. The predicted octanol–water partition coefficient (Wildman–Crippen LogP) is 0.637. The molecule has 0 aliphatic rings. The summed E-state index contributed by atoms with van der Waals surface area (Å²) in [6, 6.07) is 0. The number of aliphatic hydroxyl groups excluding tert-OH is 1. The van der Waals surface area contributed by atoms with Crippen LogP contribution < -0.4 is 11.1 Å². The molecule has 15 heavy (non-hydrogen) atoms. The fraction of sp³-hybridized carbons (Fsp3) is 0.909. The van der Waals surface area contributed by atoms with E-state index in [2.05, 4.69) is 5.32 Å². The van der Waals surface area contributed by atoms with Gasteiger partial charge in [-0.25, -0.2) is 0 Å². The number of β-amino-alcohol motifs (C(OH)–C–C–N with tert-alkyl or cyclic N) is 1. The van der Waals surface area contributed by atoms with Gasteiger partial charge in [-0.05, 0) is 25.7 Å². The molecular formula is C11H24N2O2. The van der Waals surface area contributed by atoms with Gasteiger partial charge in [-0.2, -0.15) is 0 Å². The van der Waals surface area contributed by atoms with Gasteiger partial charge in [-0.1, -0.05) is 20.8 Å². The molecule has 4 N–H and O–H groups in total. The van der Waals surface area contributed by atoms with E-state index in [1.54, 1.807) is 6.92 Å². The van der Waals surface area contributed by atoms with E-state index in [4.69, 9.17) is 5.73 Å². The molecule has 1 unspecified atom stereocenters. The third-order valence-electron chi connectivity index (χ3n) is 2.56. The van der Waals surface area contributed by atoms with E-state index in [1.165, 1.54) is 0 Å². The Bertz CT molecular complexity index is 207. The van der Waals surface area contributed by atoms with Gasteiger partial charge in [0, 0.05) is 6.54 Å². The van der Waals surface area contributed by atoms with E-state index in [9.17, 15) is 9.90 Å². The number of amides is 1. The normalized spacial score (nSPS) is 17.5. The summed E-state index contributed by atoms with van der Waals surface area (Å²) in [6.45, 7) is 8.18. The lowest BCUT2D eigenvalue weighted by Crippen LogP contribution is -2.55. The minimum Gasteiger partial charge on any atom is -0.392 e. The zero-order valence-electron chi connectivity index (χ0n) is 10.2. The Morgan fingerprint density at radius 3 is 2.40 bits per heavy atom. The fourth-order valence-corrected chi connectivity index (χ4v) is 1.56. The number of carbonyl (C=O) groups excluding carboxylic acids is 1. The molecule has 0 aromatic carbocycles. The van der Waals surface area contributed by atoms with Crippen molar-refractivity contribution in [3.05, 3.63) is 0 Å². The molecule has 4 nitrogen and oxygen atoms in total. The van der Waals surface area contributed by atoms with Crippen LogP contribution in [0.5, 0.6) is 0 Å². The molecule has 2 atom stereocenters. The predicted molar refractivity (Wildman–Crippen MR) is 61.4 cm³/mol. The third-order valence-corrected chi connectivity index (χ3v) is 2.56. The van der Waals surface area contributed by atoms with Crippen LogP contribution >= 0.6 is 0 Å². The molecule has 0 saturated heterocycles. The van der Waals surface area contributed by atoms with Gasteiger partial charge in [0.25, 0.3) is 0 Å². The van der Waals surface area contributed by atoms with Crippen molar-refractivity contribution >= 4 is 5.91 Å². The Kier molecular flexibility index (Phi) is 5.83. The summed E-state index contributed by atoms with van der Waals surface area (Å²) >= 11 is 0. The zero-order chi connectivity index (χ0) is 12.1. The maximum Gasteiger partial charge on any atom is 0.237 e. The second-order valence-corrected chi connectivity index (χ2v) is 4.74. The first-order chi connectivity index (χ1) is 6.81. The average molecular weight is 216 g/mol.